The van der Waals surface area contributed by atoms with Crippen molar-refractivity contribution in [3.8, 4) is 0 Å². The largest absolute Gasteiger partial charge is 0.412 e. The monoisotopic (exact) mass is 361 g/mol. The number of fused-ring (bicyclic) bond motifs is 1. The second-order valence-corrected chi connectivity index (χ2v) is 13.8. The minimum absolute atomic E-state index is 0.0408. The summed E-state index contributed by atoms with van der Waals surface area (Å²) in [6.07, 6.45) is 0.826. The molecule has 2 heterocycles. The predicted molar refractivity (Wildman–Crippen MR) is 102 cm³/mol. The number of rotatable bonds is 3. The van der Waals surface area contributed by atoms with Gasteiger partial charge >= 0.3 is 0 Å². The summed E-state index contributed by atoms with van der Waals surface area (Å²) < 4.78 is 6.53. The molecule has 2 fully saturated rings. The summed E-state index contributed by atoms with van der Waals surface area (Å²) in [5.41, 5.74) is 0.999. The third kappa shape index (κ3) is 3.55. The molecule has 4 atom stereocenters. The average Bonchev–Trinajstić information content (AvgIpc) is 2.94. The van der Waals surface area contributed by atoms with E-state index < -0.39 is 14.4 Å². The highest BCUT2D eigenvalue weighted by atomic mass is 28.4. The van der Waals surface area contributed by atoms with Crippen LogP contribution in [0.25, 0.3) is 0 Å². The first-order valence-electron chi connectivity index (χ1n) is 9.31. The van der Waals surface area contributed by atoms with E-state index in [-0.39, 0.29) is 29.0 Å². The lowest BCUT2D eigenvalue weighted by atomic mass is 9.85. The highest BCUT2D eigenvalue weighted by Gasteiger charge is 2.49. The molecule has 4 nitrogen and oxygen atoms in total. The number of carbonyl (C=O) groups is 1. The van der Waals surface area contributed by atoms with Gasteiger partial charge in [0.25, 0.3) is 0 Å². The molecule has 1 amide bonds. The summed E-state index contributed by atoms with van der Waals surface area (Å²) in [5.74, 6) is -0.0955. The Kier molecular flexibility index (Phi) is 4.86. The smallest absolute Gasteiger partial charge is 0.230 e. The minimum atomic E-state index is -1.88. The summed E-state index contributed by atoms with van der Waals surface area (Å²) in [7, 11) is -1.88. The van der Waals surface area contributed by atoms with E-state index in [0.717, 1.165) is 12.0 Å². The average molecular weight is 362 g/mol. The Bertz CT molecular complexity index is 626. The van der Waals surface area contributed by atoms with Crippen molar-refractivity contribution in [2.75, 3.05) is 6.54 Å². The van der Waals surface area contributed by atoms with Gasteiger partial charge in [0.15, 0.2) is 8.32 Å². The van der Waals surface area contributed by atoms with E-state index in [9.17, 15) is 9.90 Å². The number of benzene rings is 1. The number of hydrogen-bond donors (Lipinski definition) is 1. The van der Waals surface area contributed by atoms with Crippen LogP contribution in [0.2, 0.25) is 18.1 Å². The van der Waals surface area contributed by atoms with E-state index in [0.29, 0.717) is 13.0 Å². The maximum Gasteiger partial charge on any atom is 0.230 e. The lowest BCUT2D eigenvalue weighted by molar-refractivity contribution is -0.141. The van der Waals surface area contributed by atoms with Crippen LogP contribution in [0.5, 0.6) is 0 Å². The highest BCUT2D eigenvalue weighted by Crippen LogP contribution is 2.41. The van der Waals surface area contributed by atoms with Crippen molar-refractivity contribution in [3.63, 3.8) is 0 Å². The Labute approximate surface area is 152 Å². The lowest BCUT2D eigenvalue weighted by Gasteiger charge is -2.38. The van der Waals surface area contributed by atoms with Crippen molar-refractivity contribution in [2.24, 2.45) is 0 Å². The van der Waals surface area contributed by atoms with E-state index >= 15 is 0 Å². The van der Waals surface area contributed by atoms with E-state index in [1.165, 1.54) is 0 Å². The van der Waals surface area contributed by atoms with E-state index in [1.54, 1.807) is 0 Å². The summed E-state index contributed by atoms with van der Waals surface area (Å²) >= 11 is 0. The van der Waals surface area contributed by atoms with Crippen LogP contribution in [0, 0.1) is 0 Å². The summed E-state index contributed by atoms with van der Waals surface area (Å²) in [6, 6.07) is 9.73. The van der Waals surface area contributed by atoms with Crippen LogP contribution in [0.1, 0.15) is 45.1 Å². The van der Waals surface area contributed by atoms with Crippen LogP contribution >= 0.6 is 0 Å². The molecular formula is C20H31NO3Si. The molecule has 1 unspecified atom stereocenters. The molecule has 0 aliphatic carbocycles. The molecule has 2 aliphatic rings. The second-order valence-electron chi connectivity index (χ2n) is 9.06. The van der Waals surface area contributed by atoms with Gasteiger partial charge in [-0.1, -0.05) is 51.1 Å². The number of hydrogen-bond acceptors (Lipinski definition) is 3. The topological polar surface area (TPSA) is 49.8 Å². The van der Waals surface area contributed by atoms with Crippen LogP contribution in [-0.2, 0) is 9.22 Å². The summed E-state index contributed by atoms with van der Waals surface area (Å²) in [5, 5.41) is 10.8. The maximum atomic E-state index is 13.0. The van der Waals surface area contributed by atoms with Gasteiger partial charge in [0.2, 0.25) is 5.91 Å². The SMILES string of the molecule is CC(C)(C)[Si](C)(C)O[C@@H]1CC2[C@H](O)C[C@@H](c3ccccc3)C(=O)N2C1. The van der Waals surface area contributed by atoms with E-state index in [4.69, 9.17) is 4.43 Å². The molecular weight excluding hydrogens is 330 g/mol. The normalized spacial score (nSPS) is 30.5. The Morgan fingerprint density at radius 3 is 2.40 bits per heavy atom. The van der Waals surface area contributed by atoms with Crippen molar-refractivity contribution in [1.82, 2.24) is 4.90 Å². The number of aliphatic hydroxyl groups excluding tert-OH is 1. The molecule has 0 radical (unpaired) electrons. The van der Waals surface area contributed by atoms with Gasteiger partial charge in [-0.25, -0.2) is 0 Å². The summed E-state index contributed by atoms with van der Waals surface area (Å²) in [6.45, 7) is 11.8. The fourth-order valence-corrected chi connectivity index (χ4v) is 5.14. The molecule has 2 saturated heterocycles. The Hall–Kier alpha value is -1.17. The molecule has 0 bridgehead atoms. The van der Waals surface area contributed by atoms with Crippen molar-refractivity contribution in [1.29, 1.82) is 0 Å². The van der Waals surface area contributed by atoms with Gasteiger partial charge in [0.1, 0.15) is 0 Å². The van der Waals surface area contributed by atoms with Crippen LogP contribution < -0.4 is 0 Å². The van der Waals surface area contributed by atoms with Crippen LogP contribution in [-0.4, -0.2) is 49.0 Å². The first-order chi connectivity index (χ1) is 11.6. The molecule has 5 heteroatoms. The van der Waals surface area contributed by atoms with Crippen molar-refractivity contribution in [2.45, 2.75) is 75.9 Å². The Morgan fingerprint density at radius 2 is 1.80 bits per heavy atom. The van der Waals surface area contributed by atoms with Crippen LogP contribution in [0.4, 0.5) is 0 Å². The number of amides is 1. The lowest BCUT2D eigenvalue weighted by Crippen LogP contribution is -2.50. The second kappa shape index (κ2) is 6.52. The fraction of sp³-hybridized carbons (Fsp3) is 0.650. The van der Waals surface area contributed by atoms with E-state index in [2.05, 4.69) is 33.9 Å². The number of nitrogens with zero attached hydrogens (tertiary/aromatic N) is 1. The van der Waals surface area contributed by atoms with Crippen LogP contribution in [0.15, 0.2) is 30.3 Å². The number of piperidine rings is 1. The molecule has 0 aromatic heterocycles. The zero-order chi connectivity index (χ0) is 18.4. The van der Waals surface area contributed by atoms with Crippen molar-refractivity contribution in [3.05, 3.63) is 35.9 Å². The van der Waals surface area contributed by atoms with E-state index in [1.807, 2.05) is 35.2 Å². The van der Waals surface area contributed by atoms with Gasteiger partial charge in [0, 0.05) is 6.54 Å². The Morgan fingerprint density at radius 1 is 1.16 bits per heavy atom. The summed E-state index contributed by atoms with van der Waals surface area (Å²) in [4.78, 5) is 14.9. The highest BCUT2D eigenvalue weighted by molar-refractivity contribution is 6.74. The number of carbonyl (C=O) groups excluding carboxylic acids is 1. The third-order valence-corrected chi connectivity index (χ3v) is 10.8. The molecule has 25 heavy (non-hydrogen) atoms. The zero-order valence-corrected chi connectivity index (χ0v) is 17.0. The number of aliphatic hydroxyl groups is 1. The molecule has 2 aliphatic heterocycles. The first-order valence-corrected chi connectivity index (χ1v) is 12.2. The van der Waals surface area contributed by atoms with Crippen molar-refractivity contribution >= 4 is 14.2 Å². The molecule has 1 N–H and O–H groups in total. The van der Waals surface area contributed by atoms with Gasteiger partial charge in [-0.3, -0.25) is 4.79 Å². The van der Waals surface area contributed by atoms with Gasteiger partial charge in [-0.05, 0) is 36.5 Å². The molecule has 3 rings (SSSR count). The molecule has 138 valence electrons. The quantitative estimate of drug-likeness (QED) is 0.838. The van der Waals surface area contributed by atoms with Gasteiger partial charge in [-0.15, -0.1) is 0 Å². The Balaban J connectivity index is 1.75. The van der Waals surface area contributed by atoms with Crippen molar-refractivity contribution < 1.29 is 14.3 Å². The fourth-order valence-electron chi connectivity index (χ4n) is 3.79. The first kappa shape index (κ1) is 18.6. The third-order valence-electron chi connectivity index (χ3n) is 6.28. The maximum absolute atomic E-state index is 13.0. The predicted octanol–water partition coefficient (Wildman–Crippen LogP) is 3.53. The van der Waals surface area contributed by atoms with Gasteiger partial charge < -0.3 is 14.4 Å². The zero-order valence-electron chi connectivity index (χ0n) is 16.0. The van der Waals surface area contributed by atoms with Gasteiger partial charge in [-0.2, -0.15) is 0 Å². The molecule has 0 spiro atoms. The standard InChI is InChI=1S/C20H31NO3Si/c1-20(2,3)25(4,5)24-15-11-17-18(22)12-16(19(23)21(17)13-15)14-9-7-6-8-10-14/h6-10,15-18,22H,11-13H2,1-5H3/t15-,16+,17?,18-/m1/s1. The molecule has 1 aromatic carbocycles. The molecule has 0 saturated carbocycles. The molecule has 1 aromatic rings. The van der Waals surface area contributed by atoms with Gasteiger partial charge in [0.05, 0.1) is 24.2 Å². The minimum Gasteiger partial charge on any atom is -0.412 e. The van der Waals surface area contributed by atoms with Crippen LogP contribution in [0.3, 0.4) is 0 Å².